The van der Waals surface area contributed by atoms with Crippen molar-refractivity contribution in [2.24, 2.45) is 0 Å². The summed E-state index contributed by atoms with van der Waals surface area (Å²) >= 11 is 1.87. The summed E-state index contributed by atoms with van der Waals surface area (Å²) in [5, 5.41) is 0. The summed E-state index contributed by atoms with van der Waals surface area (Å²) in [6.45, 7) is 13.8. The van der Waals surface area contributed by atoms with Crippen molar-refractivity contribution in [3.05, 3.63) is 59.7 Å². The van der Waals surface area contributed by atoms with E-state index < -0.39 is 0 Å². The molecule has 0 aliphatic heterocycles. The Balaban J connectivity index is 2.56. The predicted molar refractivity (Wildman–Crippen MR) is 94.4 cm³/mol. The summed E-state index contributed by atoms with van der Waals surface area (Å²) in [5.74, 6) is 0. The van der Waals surface area contributed by atoms with Gasteiger partial charge in [-0.15, -0.1) is 0 Å². The van der Waals surface area contributed by atoms with Crippen LogP contribution in [0.15, 0.2) is 58.3 Å². The van der Waals surface area contributed by atoms with Crippen LogP contribution in [0.3, 0.4) is 0 Å². The van der Waals surface area contributed by atoms with Crippen molar-refractivity contribution < 1.29 is 0 Å². The van der Waals surface area contributed by atoms with E-state index in [9.17, 15) is 0 Å². The van der Waals surface area contributed by atoms with Crippen LogP contribution < -0.4 is 0 Å². The van der Waals surface area contributed by atoms with Gasteiger partial charge in [0.25, 0.3) is 0 Å². The molecular weight excluding hydrogens is 272 g/mol. The van der Waals surface area contributed by atoms with Crippen molar-refractivity contribution in [1.82, 2.24) is 0 Å². The highest BCUT2D eigenvalue weighted by molar-refractivity contribution is 7.99. The fourth-order valence-electron chi connectivity index (χ4n) is 2.63. The van der Waals surface area contributed by atoms with E-state index >= 15 is 0 Å². The van der Waals surface area contributed by atoms with Crippen LogP contribution in [0.5, 0.6) is 0 Å². The van der Waals surface area contributed by atoms with Crippen molar-refractivity contribution in [2.75, 3.05) is 0 Å². The average Bonchev–Trinajstić information content (AvgIpc) is 2.37. The van der Waals surface area contributed by atoms with Crippen molar-refractivity contribution in [3.8, 4) is 0 Å². The topological polar surface area (TPSA) is 0 Å². The number of hydrogen-bond acceptors (Lipinski definition) is 1. The summed E-state index contributed by atoms with van der Waals surface area (Å²) in [7, 11) is 0. The van der Waals surface area contributed by atoms with E-state index in [2.05, 4.69) is 90.1 Å². The van der Waals surface area contributed by atoms with E-state index in [4.69, 9.17) is 0 Å². The lowest BCUT2D eigenvalue weighted by molar-refractivity contribution is 0.521. The lowest BCUT2D eigenvalue weighted by atomic mass is 9.75. The zero-order valence-corrected chi connectivity index (χ0v) is 14.8. The highest BCUT2D eigenvalue weighted by Crippen LogP contribution is 2.41. The van der Waals surface area contributed by atoms with Gasteiger partial charge < -0.3 is 0 Å². The molecule has 0 unspecified atom stereocenters. The molecule has 0 radical (unpaired) electrons. The molecule has 0 spiro atoms. The Morgan fingerprint density at radius 1 is 0.667 bits per heavy atom. The maximum absolute atomic E-state index is 2.31. The lowest BCUT2D eigenvalue weighted by Gasteiger charge is -2.32. The van der Waals surface area contributed by atoms with Gasteiger partial charge in [0.2, 0.25) is 0 Å². The molecule has 0 saturated heterocycles. The molecule has 0 nitrogen and oxygen atoms in total. The quantitative estimate of drug-likeness (QED) is 0.615. The maximum atomic E-state index is 2.31. The van der Waals surface area contributed by atoms with Gasteiger partial charge in [0.1, 0.15) is 0 Å². The maximum Gasteiger partial charge on any atom is 0.0162 e. The van der Waals surface area contributed by atoms with Crippen molar-refractivity contribution in [1.29, 1.82) is 0 Å². The highest BCUT2D eigenvalue weighted by Gasteiger charge is 2.27. The zero-order valence-electron chi connectivity index (χ0n) is 14.0. The Morgan fingerprint density at radius 2 is 1.29 bits per heavy atom. The lowest BCUT2D eigenvalue weighted by Crippen LogP contribution is -2.22. The molecule has 2 rings (SSSR count). The first kappa shape index (κ1) is 16.2. The third-order valence-corrected chi connectivity index (χ3v) is 4.62. The molecule has 0 saturated carbocycles. The van der Waals surface area contributed by atoms with Gasteiger partial charge in [0.15, 0.2) is 0 Å². The van der Waals surface area contributed by atoms with E-state index in [1.807, 2.05) is 11.8 Å². The highest BCUT2D eigenvalue weighted by atomic mass is 32.2. The Hall–Kier alpha value is -1.21. The van der Waals surface area contributed by atoms with Gasteiger partial charge in [-0.25, -0.2) is 0 Å². The third kappa shape index (κ3) is 3.91. The summed E-state index contributed by atoms with van der Waals surface area (Å²) in [6.07, 6.45) is 0. The molecule has 1 heteroatoms. The molecule has 0 amide bonds. The minimum absolute atomic E-state index is 0.140. The molecule has 0 aromatic heterocycles. The molecule has 21 heavy (non-hydrogen) atoms. The molecule has 0 bridgehead atoms. The number of hydrogen-bond donors (Lipinski definition) is 0. The van der Waals surface area contributed by atoms with Gasteiger partial charge in [-0.1, -0.05) is 83.6 Å². The number of benzene rings is 2. The van der Waals surface area contributed by atoms with Crippen LogP contribution in [0, 0.1) is 0 Å². The fourth-order valence-corrected chi connectivity index (χ4v) is 3.84. The van der Waals surface area contributed by atoms with Crippen LogP contribution in [0.4, 0.5) is 0 Å². The molecule has 0 atom stereocenters. The minimum Gasteiger partial charge on any atom is -0.0898 e. The smallest absolute Gasteiger partial charge is 0.0162 e. The van der Waals surface area contributed by atoms with Crippen molar-refractivity contribution in [2.45, 2.75) is 62.2 Å². The van der Waals surface area contributed by atoms with Crippen LogP contribution in [0.25, 0.3) is 0 Å². The molecule has 0 fully saturated rings. The summed E-state index contributed by atoms with van der Waals surface area (Å²) < 4.78 is 0. The molecule has 0 N–H and O–H groups in total. The molecule has 2 aromatic rings. The van der Waals surface area contributed by atoms with E-state index in [1.165, 1.54) is 20.9 Å². The fraction of sp³-hybridized carbons (Fsp3) is 0.400. The first-order valence-electron chi connectivity index (χ1n) is 7.56. The first-order valence-corrected chi connectivity index (χ1v) is 8.38. The second-order valence-electron chi connectivity index (χ2n) is 7.59. The molecule has 0 heterocycles. The molecule has 0 aliphatic carbocycles. The third-order valence-electron chi connectivity index (χ3n) is 3.56. The second-order valence-corrected chi connectivity index (χ2v) is 8.71. The van der Waals surface area contributed by atoms with Gasteiger partial charge in [0.05, 0.1) is 0 Å². The molecular formula is C20H26S. The van der Waals surface area contributed by atoms with Gasteiger partial charge in [0, 0.05) is 9.79 Å². The first-order chi connectivity index (χ1) is 9.69. The van der Waals surface area contributed by atoms with E-state index in [0.717, 1.165) is 0 Å². The molecule has 0 aliphatic rings. The summed E-state index contributed by atoms with van der Waals surface area (Å²) in [4.78, 5) is 2.68. The molecule has 112 valence electrons. The standard InChI is InChI=1S/C20H26S/c1-19(2,3)16-13-10-14-17(18(16)20(4,5)6)21-15-11-8-7-9-12-15/h7-14H,1-6H3. The SMILES string of the molecule is CC(C)(C)c1cccc(Sc2ccccc2)c1C(C)(C)C. The van der Waals surface area contributed by atoms with Crippen LogP contribution in [-0.2, 0) is 10.8 Å². The second kappa shape index (κ2) is 5.88. The van der Waals surface area contributed by atoms with E-state index in [0.29, 0.717) is 0 Å². The van der Waals surface area contributed by atoms with E-state index in [1.54, 1.807) is 0 Å². The predicted octanol–water partition coefficient (Wildman–Crippen LogP) is 6.43. The summed E-state index contributed by atoms with van der Waals surface area (Å²) in [5.41, 5.74) is 3.24. The molecule has 2 aromatic carbocycles. The van der Waals surface area contributed by atoms with Crippen LogP contribution in [-0.4, -0.2) is 0 Å². The van der Waals surface area contributed by atoms with Gasteiger partial charge in [-0.2, -0.15) is 0 Å². The normalized spacial score (nSPS) is 12.5. The largest absolute Gasteiger partial charge is 0.0898 e. The Morgan fingerprint density at radius 3 is 1.81 bits per heavy atom. The Kier molecular flexibility index (Phi) is 4.53. The van der Waals surface area contributed by atoms with Gasteiger partial charge >= 0.3 is 0 Å². The Bertz CT molecular complexity index is 598. The average molecular weight is 298 g/mol. The van der Waals surface area contributed by atoms with Gasteiger partial charge in [-0.05, 0) is 40.2 Å². The van der Waals surface area contributed by atoms with Crippen LogP contribution >= 0.6 is 11.8 Å². The minimum atomic E-state index is 0.140. The van der Waals surface area contributed by atoms with Crippen LogP contribution in [0.2, 0.25) is 0 Å². The monoisotopic (exact) mass is 298 g/mol. The van der Waals surface area contributed by atoms with Crippen molar-refractivity contribution in [3.63, 3.8) is 0 Å². The van der Waals surface area contributed by atoms with Gasteiger partial charge in [-0.3, -0.25) is 0 Å². The van der Waals surface area contributed by atoms with Crippen molar-refractivity contribution >= 4 is 11.8 Å². The van der Waals surface area contributed by atoms with E-state index in [-0.39, 0.29) is 10.8 Å². The summed E-state index contributed by atoms with van der Waals surface area (Å²) in [6, 6.07) is 17.4. The zero-order chi connectivity index (χ0) is 15.7. The Labute approximate surface area is 134 Å². The van der Waals surface area contributed by atoms with Crippen LogP contribution in [0.1, 0.15) is 52.7 Å². The number of rotatable bonds is 2.